The van der Waals surface area contributed by atoms with Crippen LogP contribution in [0.15, 0.2) is 53.4 Å². The van der Waals surface area contributed by atoms with Crippen LogP contribution in [0.25, 0.3) is 0 Å². The number of carbonyl (C=O) groups is 1. The van der Waals surface area contributed by atoms with Crippen LogP contribution in [-0.2, 0) is 14.8 Å². The van der Waals surface area contributed by atoms with Crippen LogP contribution in [-0.4, -0.2) is 20.9 Å². The normalized spacial score (nSPS) is 11.2. The molecule has 0 radical (unpaired) electrons. The molecule has 0 fully saturated rings. The molecule has 0 aliphatic rings. The largest absolute Gasteiger partial charge is 0.325 e. The summed E-state index contributed by atoms with van der Waals surface area (Å²) in [6.45, 7) is 3.44. The van der Waals surface area contributed by atoms with Gasteiger partial charge in [-0.1, -0.05) is 24.3 Å². The number of amides is 1. The number of anilines is 1. The van der Waals surface area contributed by atoms with Gasteiger partial charge >= 0.3 is 0 Å². The van der Waals surface area contributed by atoms with Crippen molar-refractivity contribution in [3.63, 3.8) is 0 Å². The summed E-state index contributed by atoms with van der Waals surface area (Å²) in [6, 6.07) is 13.7. The summed E-state index contributed by atoms with van der Waals surface area (Å²) >= 11 is 0. The molecular formula is C16H18N2O3S. The number of nitrogens with one attached hydrogen (secondary N) is 2. The van der Waals surface area contributed by atoms with E-state index in [-0.39, 0.29) is 11.4 Å². The van der Waals surface area contributed by atoms with Gasteiger partial charge in [0, 0.05) is 5.69 Å². The lowest BCUT2D eigenvalue weighted by atomic mass is 10.1. The summed E-state index contributed by atoms with van der Waals surface area (Å²) < 4.78 is 26.6. The van der Waals surface area contributed by atoms with E-state index in [4.69, 9.17) is 0 Å². The fraction of sp³-hybridized carbons (Fsp3) is 0.188. The molecule has 0 aliphatic heterocycles. The third-order valence-electron chi connectivity index (χ3n) is 3.27. The number of carbonyl (C=O) groups excluding carboxylic acids is 1. The molecule has 2 aromatic carbocycles. The number of sulfonamides is 1. The van der Waals surface area contributed by atoms with Crippen molar-refractivity contribution >= 4 is 21.6 Å². The van der Waals surface area contributed by atoms with E-state index in [1.165, 1.54) is 6.07 Å². The maximum atomic E-state index is 12.2. The van der Waals surface area contributed by atoms with E-state index < -0.39 is 15.9 Å². The lowest BCUT2D eigenvalue weighted by molar-refractivity contribution is -0.115. The van der Waals surface area contributed by atoms with Crippen molar-refractivity contribution in [3.05, 3.63) is 59.7 Å². The molecule has 1 amide bonds. The Balaban J connectivity index is 2.00. The van der Waals surface area contributed by atoms with Gasteiger partial charge in [-0.05, 0) is 49.2 Å². The van der Waals surface area contributed by atoms with Crippen molar-refractivity contribution in [2.24, 2.45) is 0 Å². The fourth-order valence-corrected chi connectivity index (χ4v) is 2.92. The summed E-state index contributed by atoms with van der Waals surface area (Å²) in [5, 5.41) is 2.62. The van der Waals surface area contributed by atoms with E-state index in [0.29, 0.717) is 5.69 Å². The van der Waals surface area contributed by atoms with Crippen LogP contribution in [0, 0.1) is 13.8 Å². The Morgan fingerprint density at radius 1 is 1.00 bits per heavy atom. The smallest absolute Gasteiger partial charge is 0.241 e. The molecule has 116 valence electrons. The average molecular weight is 318 g/mol. The summed E-state index contributed by atoms with van der Waals surface area (Å²) in [7, 11) is -3.70. The van der Waals surface area contributed by atoms with Gasteiger partial charge in [0.1, 0.15) is 0 Å². The standard InChI is InChI=1S/C16H18N2O3S/c1-12-8-9-15(10-13(12)2)22(20,21)17-11-16(19)18-14-6-4-3-5-7-14/h3-10,17H,11H2,1-2H3,(H,18,19). The quantitative estimate of drug-likeness (QED) is 0.887. The average Bonchev–Trinajstić information content (AvgIpc) is 2.49. The maximum absolute atomic E-state index is 12.2. The van der Waals surface area contributed by atoms with Gasteiger partial charge < -0.3 is 5.32 Å². The first-order valence-electron chi connectivity index (χ1n) is 6.80. The fourth-order valence-electron chi connectivity index (χ4n) is 1.85. The Morgan fingerprint density at radius 2 is 1.68 bits per heavy atom. The van der Waals surface area contributed by atoms with Gasteiger partial charge in [0.25, 0.3) is 0 Å². The highest BCUT2D eigenvalue weighted by molar-refractivity contribution is 7.89. The van der Waals surface area contributed by atoms with Gasteiger partial charge in [-0.2, -0.15) is 0 Å². The Kier molecular flexibility index (Phi) is 4.95. The summed E-state index contributed by atoms with van der Waals surface area (Å²) in [5.74, 6) is -0.418. The Labute approximate surface area is 130 Å². The van der Waals surface area contributed by atoms with Crippen molar-refractivity contribution in [1.82, 2.24) is 4.72 Å². The first-order chi connectivity index (χ1) is 10.4. The van der Waals surface area contributed by atoms with Crippen LogP contribution >= 0.6 is 0 Å². The predicted molar refractivity (Wildman–Crippen MR) is 86.2 cm³/mol. The molecule has 2 N–H and O–H groups in total. The van der Waals surface area contributed by atoms with Crippen LogP contribution < -0.4 is 10.0 Å². The summed E-state index contributed by atoms with van der Waals surface area (Å²) in [5.41, 5.74) is 2.52. The third kappa shape index (κ3) is 4.16. The Hall–Kier alpha value is -2.18. The topological polar surface area (TPSA) is 75.3 Å². The summed E-state index contributed by atoms with van der Waals surface area (Å²) in [6.07, 6.45) is 0. The zero-order valence-electron chi connectivity index (χ0n) is 12.5. The Bertz CT molecular complexity index is 771. The number of rotatable bonds is 5. The molecule has 5 nitrogen and oxygen atoms in total. The van der Waals surface area contributed by atoms with Crippen molar-refractivity contribution < 1.29 is 13.2 Å². The van der Waals surface area contributed by atoms with Crippen molar-refractivity contribution in [2.75, 3.05) is 11.9 Å². The first-order valence-corrected chi connectivity index (χ1v) is 8.28. The second-order valence-corrected chi connectivity index (χ2v) is 6.75. The second kappa shape index (κ2) is 6.72. The lowest BCUT2D eigenvalue weighted by Crippen LogP contribution is -2.32. The Morgan fingerprint density at radius 3 is 2.32 bits per heavy atom. The molecule has 2 rings (SSSR count). The highest BCUT2D eigenvalue weighted by Crippen LogP contribution is 2.14. The predicted octanol–water partition coefficient (Wildman–Crippen LogP) is 2.22. The molecule has 0 spiro atoms. The molecular weight excluding hydrogens is 300 g/mol. The van der Waals surface area contributed by atoms with Crippen LogP contribution in [0.5, 0.6) is 0 Å². The molecule has 0 saturated heterocycles. The monoisotopic (exact) mass is 318 g/mol. The number of aryl methyl sites for hydroxylation is 2. The molecule has 0 heterocycles. The molecule has 0 bridgehead atoms. The van der Waals surface area contributed by atoms with Crippen LogP contribution in [0.3, 0.4) is 0 Å². The second-order valence-electron chi connectivity index (χ2n) is 4.98. The van der Waals surface area contributed by atoms with E-state index in [1.807, 2.05) is 19.9 Å². The van der Waals surface area contributed by atoms with E-state index in [2.05, 4.69) is 10.0 Å². The first kappa shape index (κ1) is 16.2. The van der Waals surface area contributed by atoms with Gasteiger partial charge in [-0.25, -0.2) is 13.1 Å². The zero-order valence-corrected chi connectivity index (χ0v) is 13.3. The number of hydrogen-bond acceptors (Lipinski definition) is 3. The molecule has 0 aliphatic carbocycles. The zero-order chi connectivity index (χ0) is 16.2. The van der Waals surface area contributed by atoms with Crippen LogP contribution in [0.2, 0.25) is 0 Å². The molecule has 22 heavy (non-hydrogen) atoms. The van der Waals surface area contributed by atoms with Gasteiger partial charge in [0.15, 0.2) is 0 Å². The number of para-hydroxylation sites is 1. The molecule has 0 unspecified atom stereocenters. The van der Waals surface area contributed by atoms with Gasteiger partial charge in [0.2, 0.25) is 15.9 Å². The molecule has 2 aromatic rings. The van der Waals surface area contributed by atoms with Crippen molar-refractivity contribution in [3.8, 4) is 0 Å². The minimum absolute atomic E-state index is 0.156. The molecule has 0 atom stereocenters. The van der Waals surface area contributed by atoms with Gasteiger partial charge in [-0.15, -0.1) is 0 Å². The lowest BCUT2D eigenvalue weighted by Gasteiger charge is -2.09. The van der Waals surface area contributed by atoms with Crippen molar-refractivity contribution in [1.29, 1.82) is 0 Å². The molecule has 0 aromatic heterocycles. The highest BCUT2D eigenvalue weighted by Gasteiger charge is 2.16. The third-order valence-corrected chi connectivity index (χ3v) is 4.67. The van der Waals surface area contributed by atoms with E-state index >= 15 is 0 Å². The van der Waals surface area contributed by atoms with Crippen molar-refractivity contribution in [2.45, 2.75) is 18.7 Å². The minimum atomic E-state index is -3.70. The van der Waals surface area contributed by atoms with E-state index in [1.54, 1.807) is 36.4 Å². The molecule has 0 saturated carbocycles. The van der Waals surface area contributed by atoms with Crippen LogP contribution in [0.4, 0.5) is 5.69 Å². The number of hydrogen-bond donors (Lipinski definition) is 2. The maximum Gasteiger partial charge on any atom is 0.241 e. The van der Waals surface area contributed by atoms with Gasteiger partial charge in [0.05, 0.1) is 11.4 Å². The van der Waals surface area contributed by atoms with Gasteiger partial charge in [-0.3, -0.25) is 4.79 Å². The summed E-state index contributed by atoms with van der Waals surface area (Å²) in [4.78, 5) is 11.9. The number of benzene rings is 2. The van der Waals surface area contributed by atoms with E-state index in [9.17, 15) is 13.2 Å². The minimum Gasteiger partial charge on any atom is -0.325 e. The SMILES string of the molecule is Cc1ccc(S(=O)(=O)NCC(=O)Nc2ccccc2)cc1C. The van der Waals surface area contributed by atoms with Crippen LogP contribution in [0.1, 0.15) is 11.1 Å². The van der Waals surface area contributed by atoms with E-state index in [0.717, 1.165) is 11.1 Å². The molecule has 6 heteroatoms. The highest BCUT2D eigenvalue weighted by atomic mass is 32.2.